The van der Waals surface area contributed by atoms with Gasteiger partial charge in [0, 0.05) is 13.1 Å². The molecule has 0 aliphatic heterocycles. The van der Waals surface area contributed by atoms with Gasteiger partial charge in [0.1, 0.15) is 30.8 Å². The van der Waals surface area contributed by atoms with E-state index < -0.39 is 6.10 Å². The first-order valence-electron chi connectivity index (χ1n) is 7.75. The van der Waals surface area contributed by atoms with Gasteiger partial charge >= 0.3 is 0 Å². The van der Waals surface area contributed by atoms with Crippen molar-refractivity contribution in [1.82, 2.24) is 5.32 Å². The van der Waals surface area contributed by atoms with E-state index >= 15 is 0 Å². The van der Waals surface area contributed by atoms with Crippen molar-refractivity contribution in [3.05, 3.63) is 48.5 Å². The van der Waals surface area contributed by atoms with Crippen LogP contribution in [0.25, 0.3) is 0 Å². The van der Waals surface area contributed by atoms with Crippen LogP contribution in [0.1, 0.15) is 0 Å². The molecule has 1 atom stereocenters. The summed E-state index contributed by atoms with van der Waals surface area (Å²) in [6.45, 7) is 1.62. The van der Waals surface area contributed by atoms with E-state index in [4.69, 9.17) is 14.2 Å². The number of rotatable bonds is 10. The summed E-state index contributed by atoms with van der Waals surface area (Å²) in [7, 11) is 1.60. The van der Waals surface area contributed by atoms with E-state index in [1.54, 1.807) is 19.2 Å². The van der Waals surface area contributed by atoms with Gasteiger partial charge in [0.25, 0.3) is 0 Å². The number of ether oxygens (including phenoxy) is 3. The highest BCUT2D eigenvalue weighted by Crippen LogP contribution is 2.25. The number of nitrogens with one attached hydrogen (secondary N) is 1. The lowest BCUT2D eigenvalue weighted by molar-refractivity contribution is 0.105. The molecule has 0 fully saturated rings. The summed E-state index contributed by atoms with van der Waals surface area (Å²) < 4.78 is 16.3. The van der Waals surface area contributed by atoms with Crippen molar-refractivity contribution in [2.45, 2.75) is 6.10 Å². The third-order valence-electron chi connectivity index (χ3n) is 3.26. The van der Waals surface area contributed by atoms with Crippen LogP contribution >= 0.6 is 0 Å². The van der Waals surface area contributed by atoms with Crippen molar-refractivity contribution in [1.29, 1.82) is 0 Å². The average molecular weight is 333 g/mol. The summed E-state index contributed by atoms with van der Waals surface area (Å²) in [4.78, 5) is 0. The van der Waals surface area contributed by atoms with Crippen LogP contribution < -0.4 is 19.5 Å². The molecule has 0 bridgehead atoms. The summed E-state index contributed by atoms with van der Waals surface area (Å²) in [5.41, 5.74) is 0. The fourth-order valence-electron chi connectivity index (χ4n) is 2.03. The average Bonchev–Trinajstić information content (AvgIpc) is 2.61. The van der Waals surface area contributed by atoms with Gasteiger partial charge in [0.15, 0.2) is 11.5 Å². The Morgan fingerprint density at radius 1 is 1.00 bits per heavy atom. The second kappa shape index (κ2) is 9.64. The molecule has 0 saturated carbocycles. The van der Waals surface area contributed by atoms with Gasteiger partial charge in [-0.15, -0.1) is 0 Å². The molecule has 3 N–H and O–H groups in total. The molecule has 0 aliphatic carbocycles. The fraction of sp³-hybridized carbons (Fsp3) is 0.333. The maximum atomic E-state index is 9.87. The Bertz CT molecular complexity index is 603. The van der Waals surface area contributed by atoms with Crippen molar-refractivity contribution in [3.8, 4) is 23.0 Å². The van der Waals surface area contributed by atoms with Crippen molar-refractivity contribution >= 4 is 0 Å². The van der Waals surface area contributed by atoms with E-state index in [0.717, 1.165) is 0 Å². The predicted octanol–water partition coefficient (Wildman–Crippen LogP) is 1.81. The summed E-state index contributed by atoms with van der Waals surface area (Å²) in [6.07, 6.45) is -0.634. The van der Waals surface area contributed by atoms with Crippen LogP contribution in [-0.4, -0.2) is 49.7 Å². The van der Waals surface area contributed by atoms with Crippen LogP contribution in [0.5, 0.6) is 23.0 Å². The standard InChI is InChI=1S/C18H23NO5/c1-22-17-4-2-3-5-18(17)23-11-10-19-12-15(21)13-24-16-8-6-14(20)7-9-16/h2-9,15,19-21H,10-13H2,1H3. The van der Waals surface area contributed by atoms with Gasteiger partial charge < -0.3 is 29.7 Å². The Morgan fingerprint density at radius 3 is 2.42 bits per heavy atom. The van der Waals surface area contributed by atoms with Crippen molar-refractivity contribution in [2.24, 2.45) is 0 Å². The zero-order valence-electron chi connectivity index (χ0n) is 13.6. The van der Waals surface area contributed by atoms with Gasteiger partial charge in [-0.2, -0.15) is 0 Å². The molecule has 2 aromatic rings. The Labute approximate surface area is 141 Å². The van der Waals surface area contributed by atoms with Gasteiger partial charge in [0.05, 0.1) is 7.11 Å². The van der Waals surface area contributed by atoms with E-state index in [0.29, 0.717) is 36.9 Å². The SMILES string of the molecule is COc1ccccc1OCCNCC(O)COc1ccc(O)cc1. The first-order valence-corrected chi connectivity index (χ1v) is 7.75. The molecule has 2 aromatic carbocycles. The quantitative estimate of drug-likeness (QED) is 0.576. The van der Waals surface area contributed by atoms with Crippen molar-refractivity contribution in [2.75, 3.05) is 33.4 Å². The van der Waals surface area contributed by atoms with E-state index in [2.05, 4.69) is 5.32 Å². The smallest absolute Gasteiger partial charge is 0.161 e. The van der Waals surface area contributed by atoms with Gasteiger partial charge in [-0.05, 0) is 36.4 Å². The molecular formula is C18H23NO5. The van der Waals surface area contributed by atoms with E-state index in [-0.39, 0.29) is 12.4 Å². The van der Waals surface area contributed by atoms with Crippen molar-refractivity contribution < 1.29 is 24.4 Å². The summed E-state index contributed by atoms with van der Waals surface area (Å²) in [5, 5.41) is 22.1. The Morgan fingerprint density at radius 2 is 1.71 bits per heavy atom. The summed E-state index contributed by atoms with van der Waals surface area (Å²) >= 11 is 0. The lowest BCUT2D eigenvalue weighted by atomic mass is 10.3. The Kier molecular flexibility index (Phi) is 7.20. The maximum absolute atomic E-state index is 9.87. The van der Waals surface area contributed by atoms with Crippen LogP contribution in [0.15, 0.2) is 48.5 Å². The molecule has 0 amide bonds. The monoisotopic (exact) mass is 333 g/mol. The topological polar surface area (TPSA) is 80.2 Å². The molecule has 24 heavy (non-hydrogen) atoms. The molecule has 6 nitrogen and oxygen atoms in total. The third kappa shape index (κ3) is 5.98. The minimum absolute atomic E-state index is 0.172. The second-order valence-corrected chi connectivity index (χ2v) is 5.16. The van der Waals surface area contributed by atoms with Gasteiger partial charge in [0.2, 0.25) is 0 Å². The Balaban J connectivity index is 1.59. The number of phenols is 1. The van der Waals surface area contributed by atoms with E-state index in [1.807, 2.05) is 24.3 Å². The molecule has 1 unspecified atom stereocenters. The highest BCUT2D eigenvalue weighted by molar-refractivity contribution is 5.39. The van der Waals surface area contributed by atoms with Gasteiger partial charge in [-0.1, -0.05) is 12.1 Å². The van der Waals surface area contributed by atoms with Crippen LogP contribution in [0, 0.1) is 0 Å². The number of hydrogen-bond donors (Lipinski definition) is 3. The van der Waals surface area contributed by atoms with Crippen LogP contribution in [0.4, 0.5) is 0 Å². The first kappa shape index (κ1) is 17.9. The number of aromatic hydroxyl groups is 1. The highest BCUT2D eigenvalue weighted by Gasteiger charge is 2.06. The second-order valence-electron chi connectivity index (χ2n) is 5.16. The molecule has 0 spiro atoms. The predicted molar refractivity (Wildman–Crippen MR) is 91.0 cm³/mol. The van der Waals surface area contributed by atoms with Crippen molar-refractivity contribution in [3.63, 3.8) is 0 Å². The summed E-state index contributed by atoms with van der Waals surface area (Å²) in [6, 6.07) is 13.8. The zero-order chi connectivity index (χ0) is 17.2. The first-order chi connectivity index (χ1) is 11.7. The molecule has 130 valence electrons. The van der Waals surface area contributed by atoms with Crippen LogP contribution in [0.2, 0.25) is 0 Å². The minimum Gasteiger partial charge on any atom is -0.508 e. The molecule has 0 aliphatic rings. The molecule has 0 heterocycles. The highest BCUT2D eigenvalue weighted by atomic mass is 16.5. The molecular weight excluding hydrogens is 310 g/mol. The van der Waals surface area contributed by atoms with Crippen LogP contribution in [-0.2, 0) is 0 Å². The molecule has 0 saturated heterocycles. The number of phenolic OH excluding ortho intramolecular Hbond substituents is 1. The largest absolute Gasteiger partial charge is 0.508 e. The normalized spacial score (nSPS) is 11.8. The van der Waals surface area contributed by atoms with Gasteiger partial charge in [-0.25, -0.2) is 0 Å². The van der Waals surface area contributed by atoms with E-state index in [1.165, 1.54) is 12.1 Å². The Hall–Kier alpha value is -2.44. The number of aliphatic hydroxyl groups is 1. The number of aliphatic hydroxyl groups excluding tert-OH is 1. The number of hydrogen-bond acceptors (Lipinski definition) is 6. The molecule has 6 heteroatoms. The fourth-order valence-corrected chi connectivity index (χ4v) is 2.03. The molecule has 0 aromatic heterocycles. The molecule has 2 rings (SSSR count). The lowest BCUT2D eigenvalue weighted by Gasteiger charge is -2.14. The molecule has 0 radical (unpaired) electrons. The number of methoxy groups -OCH3 is 1. The van der Waals surface area contributed by atoms with Gasteiger partial charge in [-0.3, -0.25) is 0 Å². The summed E-state index contributed by atoms with van der Waals surface area (Å²) in [5.74, 6) is 2.17. The minimum atomic E-state index is -0.634. The van der Waals surface area contributed by atoms with E-state index in [9.17, 15) is 10.2 Å². The third-order valence-corrected chi connectivity index (χ3v) is 3.26. The number of benzene rings is 2. The maximum Gasteiger partial charge on any atom is 0.161 e. The zero-order valence-corrected chi connectivity index (χ0v) is 13.6. The lowest BCUT2D eigenvalue weighted by Crippen LogP contribution is -2.33. The van der Waals surface area contributed by atoms with Crippen LogP contribution in [0.3, 0.4) is 0 Å². The number of para-hydroxylation sites is 2.